The van der Waals surface area contributed by atoms with Crippen molar-refractivity contribution in [2.45, 2.75) is 38.5 Å². The molecule has 2 aliphatic rings. The highest BCUT2D eigenvalue weighted by Crippen LogP contribution is 2.51. The van der Waals surface area contributed by atoms with Crippen LogP contribution >= 0.6 is 11.8 Å². The fourth-order valence-corrected chi connectivity index (χ4v) is 4.10. The molecular weight excluding hydrogens is 246 g/mol. The first-order valence-corrected chi connectivity index (χ1v) is 8.25. The van der Waals surface area contributed by atoms with Gasteiger partial charge in [0.1, 0.15) is 0 Å². The second kappa shape index (κ2) is 6.80. The van der Waals surface area contributed by atoms with Gasteiger partial charge in [-0.05, 0) is 68.0 Å². The minimum atomic E-state index is -0.0374. The lowest BCUT2D eigenvalue weighted by Crippen LogP contribution is -2.30. The van der Waals surface area contributed by atoms with Crippen LogP contribution in [-0.4, -0.2) is 37.7 Å². The van der Waals surface area contributed by atoms with Crippen molar-refractivity contribution in [3.8, 4) is 0 Å². The lowest BCUT2D eigenvalue weighted by molar-refractivity contribution is -0.141. The van der Waals surface area contributed by atoms with Gasteiger partial charge in [0.25, 0.3) is 0 Å². The molecule has 3 nitrogen and oxygen atoms in total. The Morgan fingerprint density at radius 2 is 2.33 bits per heavy atom. The maximum Gasteiger partial charge on any atom is 0.306 e. The Morgan fingerprint density at radius 1 is 1.50 bits per heavy atom. The van der Waals surface area contributed by atoms with Gasteiger partial charge in [-0.3, -0.25) is 4.79 Å². The number of ether oxygens (including phenoxy) is 1. The Balaban J connectivity index is 1.56. The van der Waals surface area contributed by atoms with Gasteiger partial charge in [-0.2, -0.15) is 11.8 Å². The predicted molar refractivity (Wildman–Crippen MR) is 75.8 cm³/mol. The van der Waals surface area contributed by atoms with E-state index in [1.54, 1.807) is 0 Å². The van der Waals surface area contributed by atoms with Crippen molar-refractivity contribution in [3.63, 3.8) is 0 Å². The van der Waals surface area contributed by atoms with E-state index in [1.807, 2.05) is 11.8 Å². The van der Waals surface area contributed by atoms with Crippen molar-refractivity contribution in [1.29, 1.82) is 0 Å². The molecule has 104 valence electrons. The Morgan fingerprint density at radius 3 is 2.94 bits per heavy atom. The summed E-state index contributed by atoms with van der Waals surface area (Å²) in [6.45, 7) is 2.40. The maximum atomic E-state index is 11.3. The summed E-state index contributed by atoms with van der Waals surface area (Å²) < 4.78 is 4.77. The van der Waals surface area contributed by atoms with Crippen LogP contribution in [0.2, 0.25) is 0 Å². The third kappa shape index (κ3) is 4.47. The van der Waals surface area contributed by atoms with Gasteiger partial charge in [0.2, 0.25) is 0 Å². The van der Waals surface area contributed by atoms with E-state index in [-0.39, 0.29) is 5.97 Å². The van der Waals surface area contributed by atoms with Crippen molar-refractivity contribution < 1.29 is 9.53 Å². The van der Waals surface area contributed by atoms with Gasteiger partial charge in [0.05, 0.1) is 13.5 Å². The topological polar surface area (TPSA) is 38.3 Å². The Bertz CT molecular complexity index is 273. The van der Waals surface area contributed by atoms with E-state index >= 15 is 0 Å². The van der Waals surface area contributed by atoms with Gasteiger partial charge < -0.3 is 10.1 Å². The van der Waals surface area contributed by atoms with Crippen molar-refractivity contribution in [2.24, 2.45) is 11.3 Å². The average molecular weight is 271 g/mol. The largest absolute Gasteiger partial charge is 0.469 e. The monoisotopic (exact) mass is 271 g/mol. The van der Waals surface area contributed by atoms with Gasteiger partial charge in [-0.15, -0.1) is 0 Å². The number of nitrogens with one attached hydrogen (secondary N) is 1. The van der Waals surface area contributed by atoms with E-state index in [0.29, 0.717) is 11.8 Å². The number of carbonyl (C=O) groups is 1. The van der Waals surface area contributed by atoms with Crippen LogP contribution < -0.4 is 5.32 Å². The van der Waals surface area contributed by atoms with Crippen molar-refractivity contribution in [3.05, 3.63) is 0 Å². The second-order valence-electron chi connectivity index (χ2n) is 5.81. The van der Waals surface area contributed by atoms with Gasteiger partial charge in [0.15, 0.2) is 0 Å². The van der Waals surface area contributed by atoms with E-state index in [9.17, 15) is 4.79 Å². The number of hydrogen-bond acceptors (Lipinski definition) is 4. The van der Waals surface area contributed by atoms with Crippen molar-refractivity contribution >= 4 is 17.7 Å². The first-order chi connectivity index (χ1) is 8.74. The molecule has 0 radical (unpaired) electrons. The first kappa shape index (κ1) is 14.2. The molecule has 0 bridgehead atoms. The van der Waals surface area contributed by atoms with Crippen LogP contribution in [0.15, 0.2) is 0 Å². The van der Waals surface area contributed by atoms with E-state index in [1.165, 1.54) is 58.1 Å². The van der Waals surface area contributed by atoms with E-state index in [4.69, 9.17) is 4.74 Å². The van der Waals surface area contributed by atoms with Gasteiger partial charge in [0, 0.05) is 0 Å². The molecule has 18 heavy (non-hydrogen) atoms. The van der Waals surface area contributed by atoms with E-state index in [2.05, 4.69) is 5.32 Å². The fourth-order valence-electron chi connectivity index (χ4n) is 2.64. The third-order valence-electron chi connectivity index (χ3n) is 4.18. The molecule has 1 aliphatic heterocycles. The Hall–Kier alpha value is -0.220. The standard InChI is InChI=1S/C14H25NO2S/c1-17-13(16)9-14(5-6-14)11-18-8-4-12-3-2-7-15-10-12/h12,15H,2-11H2,1H3. The summed E-state index contributed by atoms with van der Waals surface area (Å²) in [5, 5.41) is 3.47. The molecule has 0 amide bonds. The molecule has 1 N–H and O–H groups in total. The SMILES string of the molecule is COC(=O)CC1(CSCCC2CCCNC2)CC1. The number of thioether (sulfide) groups is 1. The van der Waals surface area contributed by atoms with E-state index in [0.717, 1.165) is 11.7 Å². The summed E-state index contributed by atoms with van der Waals surface area (Å²) in [5.41, 5.74) is 0.294. The highest BCUT2D eigenvalue weighted by Gasteiger charge is 2.44. The number of methoxy groups -OCH3 is 1. The summed E-state index contributed by atoms with van der Waals surface area (Å²) in [4.78, 5) is 11.3. The molecule has 1 aliphatic carbocycles. The van der Waals surface area contributed by atoms with Crippen molar-refractivity contribution in [2.75, 3.05) is 31.7 Å². The van der Waals surface area contributed by atoms with Crippen molar-refractivity contribution in [1.82, 2.24) is 5.32 Å². The third-order valence-corrected chi connectivity index (χ3v) is 5.52. The summed E-state index contributed by atoms with van der Waals surface area (Å²) in [7, 11) is 1.49. The van der Waals surface area contributed by atoms with Gasteiger partial charge in [-0.1, -0.05) is 0 Å². The maximum absolute atomic E-state index is 11.3. The highest BCUT2D eigenvalue weighted by molar-refractivity contribution is 7.99. The normalized spacial score (nSPS) is 25.7. The highest BCUT2D eigenvalue weighted by atomic mass is 32.2. The van der Waals surface area contributed by atoms with Crippen LogP contribution in [0.5, 0.6) is 0 Å². The minimum Gasteiger partial charge on any atom is -0.469 e. The zero-order valence-corrected chi connectivity index (χ0v) is 12.2. The smallest absolute Gasteiger partial charge is 0.306 e. The summed E-state index contributed by atoms with van der Waals surface area (Å²) >= 11 is 2.03. The molecule has 2 rings (SSSR count). The summed E-state index contributed by atoms with van der Waals surface area (Å²) in [6.07, 6.45) is 7.09. The van der Waals surface area contributed by atoms with Gasteiger partial charge in [-0.25, -0.2) is 0 Å². The van der Waals surface area contributed by atoms with Crippen LogP contribution in [0, 0.1) is 11.3 Å². The second-order valence-corrected chi connectivity index (χ2v) is 6.91. The number of piperidine rings is 1. The fraction of sp³-hybridized carbons (Fsp3) is 0.929. The zero-order chi connectivity index (χ0) is 12.8. The molecule has 1 heterocycles. The first-order valence-electron chi connectivity index (χ1n) is 7.09. The van der Waals surface area contributed by atoms with Crippen LogP contribution in [0.1, 0.15) is 38.5 Å². The van der Waals surface area contributed by atoms with E-state index < -0.39 is 0 Å². The predicted octanol–water partition coefficient (Wildman–Crippen LogP) is 2.45. The quantitative estimate of drug-likeness (QED) is 0.570. The van der Waals surface area contributed by atoms with Crippen LogP contribution in [-0.2, 0) is 9.53 Å². The molecule has 0 spiro atoms. The molecular formula is C14H25NO2S. The number of hydrogen-bond donors (Lipinski definition) is 1. The average Bonchev–Trinajstić information content (AvgIpc) is 3.16. The lowest BCUT2D eigenvalue weighted by atomic mass is 9.97. The Labute approximate surface area is 114 Å². The molecule has 1 atom stereocenters. The van der Waals surface area contributed by atoms with Crippen LogP contribution in [0.4, 0.5) is 0 Å². The van der Waals surface area contributed by atoms with Crippen LogP contribution in [0.3, 0.4) is 0 Å². The Kier molecular flexibility index (Phi) is 5.37. The summed E-state index contributed by atoms with van der Waals surface area (Å²) in [6, 6.07) is 0. The van der Waals surface area contributed by atoms with Crippen LogP contribution in [0.25, 0.3) is 0 Å². The number of carbonyl (C=O) groups excluding carboxylic acids is 1. The minimum absolute atomic E-state index is 0.0374. The molecule has 0 aromatic heterocycles. The summed E-state index contributed by atoms with van der Waals surface area (Å²) in [5.74, 6) is 3.23. The zero-order valence-electron chi connectivity index (χ0n) is 11.4. The lowest BCUT2D eigenvalue weighted by Gasteiger charge is -2.22. The van der Waals surface area contributed by atoms with Gasteiger partial charge >= 0.3 is 5.97 Å². The number of rotatable bonds is 7. The molecule has 1 saturated heterocycles. The molecule has 0 aromatic carbocycles. The molecule has 2 fully saturated rings. The molecule has 1 unspecified atom stereocenters. The molecule has 1 saturated carbocycles. The molecule has 4 heteroatoms. The number of esters is 1. The molecule has 0 aromatic rings.